The zero-order valence-corrected chi connectivity index (χ0v) is 6.99. The van der Waals surface area contributed by atoms with Crippen LogP contribution in [0, 0.1) is 0 Å². The van der Waals surface area contributed by atoms with E-state index in [1.54, 1.807) is 6.08 Å². The molecule has 1 rings (SSSR count). The second-order valence-corrected chi connectivity index (χ2v) is 2.83. The van der Waals surface area contributed by atoms with Gasteiger partial charge in [-0.15, -0.1) is 0 Å². The standard InChI is InChI=1S/C9H12O3/c1-12-9(7-8(10)11)5-3-2-4-6-9/h2-5H,6-7H2,1H3,(H,10,11). The molecule has 0 saturated heterocycles. The minimum absolute atomic E-state index is 0.0182. The average Bonchev–Trinajstić information content (AvgIpc) is 2.05. The third-order valence-corrected chi connectivity index (χ3v) is 1.97. The maximum Gasteiger partial charge on any atom is 0.306 e. The van der Waals surface area contributed by atoms with Crippen molar-refractivity contribution in [3.05, 3.63) is 24.3 Å². The SMILES string of the molecule is COC1(CC(=O)O)C=CC=CC1. The van der Waals surface area contributed by atoms with Gasteiger partial charge >= 0.3 is 5.97 Å². The van der Waals surface area contributed by atoms with Crippen LogP contribution < -0.4 is 0 Å². The van der Waals surface area contributed by atoms with Gasteiger partial charge in [0.25, 0.3) is 0 Å². The molecular formula is C9H12O3. The number of aliphatic carboxylic acids is 1. The number of carbonyl (C=O) groups is 1. The number of methoxy groups -OCH3 is 1. The van der Waals surface area contributed by atoms with E-state index >= 15 is 0 Å². The maximum atomic E-state index is 10.5. The Morgan fingerprint density at radius 2 is 2.42 bits per heavy atom. The Kier molecular flexibility index (Phi) is 2.65. The third kappa shape index (κ3) is 1.95. The summed E-state index contributed by atoms with van der Waals surface area (Å²) in [5, 5.41) is 8.62. The van der Waals surface area contributed by atoms with Crippen molar-refractivity contribution in [2.24, 2.45) is 0 Å². The fourth-order valence-corrected chi connectivity index (χ4v) is 1.26. The van der Waals surface area contributed by atoms with Crippen molar-refractivity contribution in [1.29, 1.82) is 0 Å². The largest absolute Gasteiger partial charge is 0.481 e. The van der Waals surface area contributed by atoms with E-state index in [9.17, 15) is 4.79 Å². The van der Waals surface area contributed by atoms with Gasteiger partial charge in [-0.2, -0.15) is 0 Å². The highest BCUT2D eigenvalue weighted by atomic mass is 16.5. The number of ether oxygens (including phenoxy) is 1. The maximum absolute atomic E-state index is 10.5. The van der Waals surface area contributed by atoms with Gasteiger partial charge in [-0.1, -0.05) is 24.3 Å². The van der Waals surface area contributed by atoms with Crippen LogP contribution in [0.15, 0.2) is 24.3 Å². The monoisotopic (exact) mass is 168 g/mol. The highest BCUT2D eigenvalue weighted by Gasteiger charge is 2.29. The predicted octanol–water partition coefficient (Wildman–Crippen LogP) is 1.36. The van der Waals surface area contributed by atoms with Crippen molar-refractivity contribution in [3.8, 4) is 0 Å². The molecule has 3 nitrogen and oxygen atoms in total. The van der Waals surface area contributed by atoms with Crippen LogP contribution >= 0.6 is 0 Å². The second-order valence-electron chi connectivity index (χ2n) is 2.83. The molecule has 1 N–H and O–H groups in total. The molecule has 0 aromatic rings. The van der Waals surface area contributed by atoms with Crippen molar-refractivity contribution in [2.45, 2.75) is 18.4 Å². The number of hydrogen-bond donors (Lipinski definition) is 1. The highest BCUT2D eigenvalue weighted by Crippen LogP contribution is 2.25. The molecule has 0 bridgehead atoms. The lowest BCUT2D eigenvalue weighted by molar-refractivity contribution is -0.141. The minimum atomic E-state index is -0.836. The second kappa shape index (κ2) is 3.54. The summed E-state index contributed by atoms with van der Waals surface area (Å²) >= 11 is 0. The quantitative estimate of drug-likeness (QED) is 0.692. The highest BCUT2D eigenvalue weighted by molar-refractivity contribution is 5.69. The first-order chi connectivity index (χ1) is 5.68. The van der Waals surface area contributed by atoms with E-state index in [-0.39, 0.29) is 6.42 Å². The van der Waals surface area contributed by atoms with E-state index in [2.05, 4.69) is 0 Å². The lowest BCUT2D eigenvalue weighted by Gasteiger charge is -2.27. The van der Waals surface area contributed by atoms with Gasteiger partial charge in [0.05, 0.1) is 6.42 Å². The molecule has 12 heavy (non-hydrogen) atoms. The van der Waals surface area contributed by atoms with Gasteiger partial charge in [0.1, 0.15) is 5.60 Å². The van der Waals surface area contributed by atoms with E-state index in [1.165, 1.54) is 7.11 Å². The first-order valence-electron chi connectivity index (χ1n) is 3.80. The summed E-state index contributed by atoms with van der Waals surface area (Å²) in [6, 6.07) is 0. The summed E-state index contributed by atoms with van der Waals surface area (Å²) < 4.78 is 5.17. The molecule has 1 unspecified atom stereocenters. The first kappa shape index (κ1) is 9.00. The van der Waals surface area contributed by atoms with Crippen LogP contribution in [0.4, 0.5) is 0 Å². The van der Waals surface area contributed by atoms with Crippen molar-refractivity contribution in [3.63, 3.8) is 0 Å². The van der Waals surface area contributed by atoms with Gasteiger partial charge < -0.3 is 9.84 Å². The van der Waals surface area contributed by atoms with E-state index in [1.807, 2.05) is 18.2 Å². The van der Waals surface area contributed by atoms with Crippen LogP contribution in [0.2, 0.25) is 0 Å². The van der Waals surface area contributed by atoms with Gasteiger partial charge in [0.15, 0.2) is 0 Å². The number of carboxylic acid groups (broad SMARTS) is 1. The van der Waals surface area contributed by atoms with Gasteiger partial charge in [-0.25, -0.2) is 0 Å². The summed E-state index contributed by atoms with van der Waals surface area (Å²) in [5.41, 5.74) is -0.624. The van der Waals surface area contributed by atoms with Gasteiger partial charge in [0.2, 0.25) is 0 Å². The van der Waals surface area contributed by atoms with Crippen LogP contribution in [0.5, 0.6) is 0 Å². The molecule has 0 fully saturated rings. The molecule has 0 aromatic carbocycles. The lowest BCUT2D eigenvalue weighted by Crippen LogP contribution is -2.32. The first-order valence-corrected chi connectivity index (χ1v) is 3.80. The smallest absolute Gasteiger partial charge is 0.306 e. The Labute approximate surface area is 71.3 Å². The van der Waals surface area contributed by atoms with Gasteiger partial charge in [-0.3, -0.25) is 4.79 Å². The molecule has 0 aliphatic heterocycles. The number of hydrogen-bond acceptors (Lipinski definition) is 2. The molecule has 3 heteroatoms. The summed E-state index contributed by atoms with van der Waals surface area (Å²) in [7, 11) is 1.53. The molecule has 0 radical (unpaired) electrons. The minimum Gasteiger partial charge on any atom is -0.481 e. The Bertz CT molecular complexity index is 230. The molecule has 0 heterocycles. The lowest BCUT2D eigenvalue weighted by atomic mass is 9.92. The van der Waals surface area contributed by atoms with Crippen LogP contribution in [0.25, 0.3) is 0 Å². The summed E-state index contributed by atoms with van der Waals surface area (Å²) in [6.07, 6.45) is 8.05. The third-order valence-electron chi connectivity index (χ3n) is 1.97. The van der Waals surface area contributed by atoms with Gasteiger partial charge in [0, 0.05) is 7.11 Å². The number of carboxylic acids is 1. The molecular weight excluding hydrogens is 156 g/mol. The predicted molar refractivity (Wildman–Crippen MR) is 44.9 cm³/mol. The topological polar surface area (TPSA) is 46.5 Å². The zero-order chi connectivity index (χ0) is 9.03. The Morgan fingerprint density at radius 1 is 1.67 bits per heavy atom. The molecule has 66 valence electrons. The van der Waals surface area contributed by atoms with E-state index < -0.39 is 11.6 Å². The normalized spacial score (nSPS) is 27.4. The molecule has 1 aliphatic rings. The molecule has 1 aliphatic carbocycles. The average molecular weight is 168 g/mol. The van der Waals surface area contributed by atoms with Gasteiger partial charge in [-0.05, 0) is 6.42 Å². The van der Waals surface area contributed by atoms with Crippen LogP contribution in [0.1, 0.15) is 12.8 Å². The van der Waals surface area contributed by atoms with E-state index in [0.29, 0.717) is 6.42 Å². The van der Waals surface area contributed by atoms with Crippen molar-refractivity contribution >= 4 is 5.97 Å². The number of rotatable bonds is 3. The van der Waals surface area contributed by atoms with E-state index in [4.69, 9.17) is 9.84 Å². The Balaban J connectivity index is 2.69. The van der Waals surface area contributed by atoms with Crippen molar-refractivity contribution < 1.29 is 14.6 Å². The van der Waals surface area contributed by atoms with Crippen LogP contribution in [0.3, 0.4) is 0 Å². The van der Waals surface area contributed by atoms with Crippen molar-refractivity contribution in [2.75, 3.05) is 7.11 Å². The summed E-state index contributed by atoms with van der Waals surface area (Å²) in [5.74, 6) is -0.836. The number of allylic oxidation sites excluding steroid dienone is 2. The van der Waals surface area contributed by atoms with Crippen LogP contribution in [-0.2, 0) is 9.53 Å². The molecule has 0 saturated carbocycles. The fraction of sp³-hybridized carbons (Fsp3) is 0.444. The summed E-state index contributed by atoms with van der Waals surface area (Å²) in [4.78, 5) is 10.5. The van der Waals surface area contributed by atoms with Crippen LogP contribution in [-0.4, -0.2) is 23.8 Å². The van der Waals surface area contributed by atoms with E-state index in [0.717, 1.165) is 0 Å². The molecule has 1 atom stereocenters. The molecule has 0 aromatic heterocycles. The fourth-order valence-electron chi connectivity index (χ4n) is 1.26. The Hall–Kier alpha value is -1.09. The molecule has 0 spiro atoms. The Morgan fingerprint density at radius 3 is 2.83 bits per heavy atom. The zero-order valence-electron chi connectivity index (χ0n) is 6.99. The summed E-state index contributed by atoms with van der Waals surface area (Å²) in [6.45, 7) is 0. The van der Waals surface area contributed by atoms with Crippen molar-refractivity contribution in [1.82, 2.24) is 0 Å². The molecule has 0 amide bonds.